The van der Waals surface area contributed by atoms with Crippen LogP contribution in [0, 0.1) is 6.92 Å². The third kappa shape index (κ3) is 4.82. The largest absolute Gasteiger partial charge is 0.325 e. The summed E-state index contributed by atoms with van der Waals surface area (Å²) in [5.74, 6) is 0.0642. The Balaban J connectivity index is 0.00000180. The number of nitrogens with one attached hydrogen (secondary N) is 2. The molecule has 1 saturated heterocycles. The summed E-state index contributed by atoms with van der Waals surface area (Å²) in [4.78, 5) is 14.2. The molecule has 1 aliphatic heterocycles. The van der Waals surface area contributed by atoms with E-state index in [0.29, 0.717) is 12.6 Å². The molecule has 1 aromatic rings. The van der Waals surface area contributed by atoms with E-state index in [1.807, 2.05) is 31.2 Å². The lowest BCUT2D eigenvalue weighted by Crippen LogP contribution is -2.51. The van der Waals surface area contributed by atoms with E-state index in [9.17, 15) is 4.79 Å². The average molecular weight is 284 g/mol. The second-order valence-electron chi connectivity index (χ2n) is 4.94. The molecule has 1 amide bonds. The van der Waals surface area contributed by atoms with Crippen LogP contribution in [0.25, 0.3) is 0 Å². The number of hydrogen-bond acceptors (Lipinski definition) is 3. The van der Waals surface area contributed by atoms with Crippen molar-refractivity contribution in [1.82, 2.24) is 10.2 Å². The predicted molar refractivity (Wildman–Crippen MR) is 81.0 cm³/mol. The van der Waals surface area contributed by atoms with Crippen molar-refractivity contribution in [3.8, 4) is 0 Å². The number of aryl methyl sites for hydroxylation is 1. The van der Waals surface area contributed by atoms with E-state index >= 15 is 0 Å². The Morgan fingerprint density at radius 2 is 2.32 bits per heavy atom. The molecule has 1 aromatic carbocycles. The molecule has 1 aliphatic rings. The lowest BCUT2D eigenvalue weighted by Gasteiger charge is -2.33. The molecule has 2 N–H and O–H groups in total. The van der Waals surface area contributed by atoms with Crippen LogP contribution in [-0.2, 0) is 4.79 Å². The third-order valence-electron chi connectivity index (χ3n) is 3.29. The highest BCUT2D eigenvalue weighted by atomic mass is 35.5. The molecule has 4 nitrogen and oxygen atoms in total. The number of piperazine rings is 1. The average Bonchev–Trinajstić information content (AvgIpc) is 2.32. The van der Waals surface area contributed by atoms with Crippen LogP contribution in [0.5, 0.6) is 0 Å². The minimum absolute atomic E-state index is 0. The van der Waals surface area contributed by atoms with Crippen LogP contribution >= 0.6 is 12.4 Å². The monoisotopic (exact) mass is 283 g/mol. The molecule has 0 aliphatic carbocycles. The summed E-state index contributed by atoms with van der Waals surface area (Å²) in [6, 6.07) is 8.31. The highest BCUT2D eigenvalue weighted by Gasteiger charge is 2.20. The number of carbonyl (C=O) groups excluding carboxylic acids is 1. The summed E-state index contributed by atoms with van der Waals surface area (Å²) in [7, 11) is 0. The number of carbonyl (C=O) groups is 1. The van der Waals surface area contributed by atoms with E-state index in [-0.39, 0.29) is 18.3 Å². The van der Waals surface area contributed by atoms with E-state index in [4.69, 9.17) is 0 Å². The van der Waals surface area contributed by atoms with E-state index in [0.717, 1.165) is 30.9 Å². The molecule has 0 spiro atoms. The molecule has 19 heavy (non-hydrogen) atoms. The number of rotatable bonds is 3. The normalized spacial score (nSPS) is 19.6. The number of anilines is 1. The van der Waals surface area contributed by atoms with Crippen molar-refractivity contribution in [2.75, 3.05) is 31.5 Å². The first-order valence-corrected chi connectivity index (χ1v) is 6.46. The second kappa shape index (κ2) is 7.48. The lowest BCUT2D eigenvalue weighted by atomic mass is 10.2. The van der Waals surface area contributed by atoms with Gasteiger partial charge in [-0.05, 0) is 31.5 Å². The van der Waals surface area contributed by atoms with Crippen LogP contribution in [0.1, 0.15) is 12.5 Å². The molecule has 1 atom stereocenters. The first kappa shape index (κ1) is 16.0. The van der Waals surface area contributed by atoms with Crippen molar-refractivity contribution >= 4 is 24.0 Å². The van der Waals surface area contributed by atoms with Gasteiger partial charge < -0.3 is 10.6 Å². The zero-order chi connectivity index (χ0) is 13.0. The maximum Gasteiger partial charge on any atom is 0.238 e. The van der Waals surface area contributed by atoms with Gasteiger partial charge in [0.05, 0.1) is 6.54 Å². The van der Waals surface area contributed by atoms with Gasteiger partial charge in [-0.3, -0.25) is 9.69 Å². The molecule has 0 saturated carbocycles. The number of benzene rings is 1. The minimum Gasteiger partial charge on any atom is -0.325 e. The van der Waals surface area contributed by atoms with E-state index in [2.05, 4.69) is 22.5 Å². The lowest BCUT2D eigenvalue weighted by molar-refractivity contribution is -0.118. The minimum atomic E-state index is 0. The Bertz CT molecular complexity index is 425. The summed E-state index contributed by atoms with van der Waals surface area (Å²) in [5.41, 5.74) is 2.03. The fraction of sp³-hybridized carbons (Fsp3) is 0.500. The van der Waals surface area contributed by atoms with Crippen molar-refractivity contribution in [2.24, 2.45) is 0 Å². The van der Waals surface area contributed by atoms with E-state index in [1.165, 1.54) is 0 Å². The Kier molecular flexibility index (Phi) is 6.28. The molecule has 5 heteroatoms. The maximum absolute atomic E-state index is 12.0. The predicted octanol–water partition coefficient (Wildman–Crippen LogP) is 1.65. The van der Waals surface area contributed by atoms with Gasteiger partial charge in [0.25, 0.3) is 0 Å². The number of halogens is 1. The summed E-state index contributed by atoms with van der Waals surface area (Å²) >= 11 is 0. The van der Waals surface area contributed by atoms with Gasteiger partial charge in [-0.1, -0.05) is 12.1 Å². The fourth-order valence-electron chi connectivity index (χ4n) is 2.23. The summed E-state index contributed by atoms with van der Waals surface area (Å²) in [5, 5.41) is 6.27. The van der Waals surface area contributed by atoms with Crippen molar-refractivity contribution in [3.05, 3.63) is 29.8 Å². The third-order valence-corrected chi connectivity index (χ3v) is 3.29. The summed E-state index contributed by atoms with van der Waals surface area (Å²) in [6.45, 7) is 7.49. The SMILES string of the molecule is Cc1cccc(NC(=O)CN2CCNC[C@H]2C)c1.Cl. The van der Waals surface area contributed by atoms with Gasteiger partial charge in [0, 0.05) is 31.4 Å². The summed E-state index contributed by atoms with van der Waals surface area (Å²) in [6.07, 6.45) is 0. The second-order valence-corrected chi connectivity index (χ2v) is 4.94. The number of amides is 1. The topological polar surface area (TPSA) is 44.4 Å². The number of nitrogens with zero attached hydrogens (tertiary/aromatic N) is 1. The van der Waals surface area contributed by atoms with Gasteiger partial charge in [0.2, 0.25) is 5.91 Å². The number of hydrogen-bond donors (Lipinski definition) is 2. The highest BCUT2D eigenvalue weighted by Crippen LogP contribution is 2.10. The Morgan fingerprint density at radius 1 is 1.53 bits per heavy atom. The molecule has 1 heterocycles. The van der Waals surface area contributed by atoms with Crippen LogP contribution in [0.15, 0.2) is 24.3 Å². The molecular weight excluding hydrogens is 262 g/mol. The zero-order valence-corrected chi connectivity index (χ0v) is 12.3. The van der Waals surface area contributed by atoms with Gasteiger partial charge in [-0.15, -0.1) is 12.4 Å². The van der Waals surface area contributed by atoms with Gasteiger partial charge in [-0.2, -0.15) is 0 Å². The van der Waals surface area contributed by atoms with Crippen molar-refractivity contribution in [2.45, 2.75) is 19.9 Å². The molecule has 106 valence electrons. The van der Waals surface area contributed by atoms with Crippen molar-refractivity contribution < 1.29 is 4.79 Å². The van der Waals surface area contributed by atoms with Crippen LogP contribution in [0.2, 0.25) is 0 Å². The standard InChI is InChI=1S/C14H21N3O.ClH/c1-11-4-3-5-13(8-11)16-14(18)10-17-7-6-15-9-12(17)2;/h3-5,8,12,15H,6-7,9-10H2,1-2H3,(H,16,18);1H/t12-;/m1./s1. The molecule has 0 bridgehead atoms. The Morgan fingerprint density at radius 3 is 3.00 bits per heavy atom. The van der Waals surface area contributed by atoms with Crippen LogP contribution in [0.4, 0.5) is 5.69 Å². The first-order valence-electron chi connectivity index (χ1n) is 6.46. The molecule has 0 radical (unpaired) electrons. The quantitative estimate of drug-likeness (QED) is 0.887. The molecule has 2 rings (SSSR count). The van der Waals surface area contributed by atoms with E-state index < -0.39 is 0 Å². The van der Waals surface area contributed by atoms with Gasteiger partial charge in [0.15, 0.2) is 0 Å². The molecular formula is C14H22ClN3O. The Labute approximate surface area is 121 Å². The molecule has 0 unspecified atom stereocenters. The van der Waals surface area contributed by atoms with Gasteiger partial charge >= 0.3 is 0 Å². The van der Waals surface area contributed by atoms with Gasteiger partial charge in [-0.25, -0.2) is 0 Å². The van der Waals surface area contributed by atoms with Crippen LogP contribution in [0.3, 0.4) is 0 Å². The fourth-order valence-corrected chi connectivity index (χ4v) is 2.23. The highest BCUT2D eigenvalue weighted by molar-refractivity contribution is 5.92. The van der Waals surface area contributed by atoms with E-state index in [1.54, 1.807) is 0 Å². The maximum atomic E-state index is 12.0. The first-order chi connectivity index (χ1) is 8.65. The Hall–Kier alpha value is -1.10. The molecule has 0 aromatic heterocycles. The smallest absolute Gasteiger partial charge is 0.238 e. The van der Waals surface area contributed by atoms with Gasteiger partial charge in [0.1, 0.15) is 0 Å². The zero-order valence-electron chi connectivity index (χ0n) is 11.5. The molecule has 1 fully saturated rings. The van der Waals surface area contributed by atoms with Crippen molar-refractivity contribution in [1.29, 1.82) is 0 Å². The van der Waals surface area contributed by atoms with Crippen LogP contribution < -0.4 is 10.6 Å². The van der Waals surface area contributed by atoms with Crippen molar-refractivity contribution in [3.63, 3.8) is 0 Å². The van der Waals surface area contributed by atoms with Crippen LogP contribution in [-0.4, -0.2) is 43.0 Å². The summed E-state index contributed by atoms with van der Waals surface area (Å²) < 4.78 is 0.